The van der Waals surface area contributed by atoms with Crippen molar-refractivity contribution in [1.29, 1.82) is 0 Å². The monoisotopic (exact) mass is 402 g/mol. The van der Waals surface area contributed by atoms with Crippen molar-refractivity contribution >= 4 is 28.7 Å². The van der Waals surface area contributed by atoms with Crippen molar-refractivity contribution in [2.24, 2.45) is 0 Å². The van der Waals surface area contributed by atoms with Crippen molar-refractivity contribution in [2.75, 3.05) is 0 Å². The van der Waals surface area contributed by atoms with Gasteiger partial charge in [0, 0.05) is 16.8 Å². The highest BCUT2D eigenvalue weighted by atomic mass is 16.1. The van der Waals surface area contributed by atoms with Crippen LogP contribution in [-0.4, -0.2) is 8.97 Å². The lowest BCUT2D eigenvalue weighted by Crippen LogP contribution is -2.21. The van der Waals surface area contributed by atoms with Crippen LogP contribution in [0.4, 0.5) is 0 Å². The fourth-order valence-corrected chi connectivity index (χ4v) is 4.39. The molecule has 0 fully saturated rings. The molecule has 0 N–H and O–H groups in total. The zero-order valence-corrected chi connectivity index (χ0v) is 17.3. The molecule has 0 unspecified atom stereocenters. The number of hydrogen-bond donors (Lipinski definition) is 0. The molecule has 0 radical (unpaired) electrons. The molecule has 5 aromatic rings. The van der Waals surface area contributed by atoms with Gasteiger partial charge in [0.2, 0.25) is 0 Å². The third kappa shape index (κ3) is 2.86. The summed E-state index contributed by atoms with van der Waals surface area (Å²) in [6.45, 7) is 6.07. The Morgan fingerprint density at radius 1 is 0.806 bits per heavy atom. The lowest BCUT2D eigenvalue weighted by molar-refractivity contribution is 1.02. The molecular weight excluding hydrogens is 380 g/mol. The van der Waals surface area contributed by atoms with E-state index in [2.05, 4.69) is 35.3 Å². The summed E-state index contributed by atoms with van der Waals surface area (Å²) < 4.78 is 3.87. The van der Waals surface area contributed by atoms with Crippen LogP contribution in [0.1, 0.15) is 18.2 Å². The van der Waals surface area contributed by atoms with E-state index in [9.17, 15) is 4.79 Å². The molecule has 0 spiro atoms. The van der Waals surface area contributed by atoms with Crippen molar-refractivity contribution in [3.8, 4) is 16.8 Å². The van der Waals surface area contributed by atoms with Crippen molar-refractivity contribution in [2.45, 2.75) is 6.92 Å². The topological polar surface area (TPSA) is 26.4 Å². The molecule has 0 saturated heterocycles. The van der Waals surface area contributed by atoms with Gasteiger partial charge in [0.05, 0.1) is 16.7 Å². The van der Waals surface area contributed by atoms with Crippen molar-refractivity contribution in [3.05, 3.63) is 119 Å². The highest BCUT2D eigenvalue weighted by molar-refractivity contribution is 5.96. The number of fused-ring (bicyclic) bond motifs is 3. The number of allylic oxidation sites excluding steroid dienone is 1. The van der Waals surface area contributed by atoms with Crippen molar-refractivity contribution < 1.29 is 0 Å². The number of benzene rings is 3. The molecule has 31 heavy (non-hydrogen) atoms. The highest BCUT2D eigenvalue weighted by Gasteiger charge is 2.23. The minimum absolute atomic E-state index is 0.0531. The van der Waals surface area contributed by atoms with E-state index >= 15 is 0 Å². The minimum Gasteiger partial charge on any atom is -0.302 e. The molecule has 2 heterocycles. The van der Waals surface area contributed by atoms with Crippen LogP contribution in [0.5, 0.6) is 0 Å². The van der Waals surface area contributed by atoms with Gasteiger partial charge in [-0.1, -0.05) is 79.4 Å². The second-order valence-corrected chi connectivity index (χ2v) is 7.39. The number of rotatable bonds is 4. The van der Waals surface area contributed by atoms with E-state index in [1.54, 1.807) is 0 Å². The van der Waals surface area contributed by atoms with Gasteiger partial charge < -0.3 is 4.40 Å². The van der Waals surface area contributed by atoms with Crippen LogP contribution in [0.15, 0.2) is 102 Å². The second-order valence-electron chi connectivity index (χ2n) is 7.39. The summed E-state index contributed by atoms with van der Waals surface area (Å²) in [5.41, 5.74) is 7.11. The summed E-state index contributed by atoms with van der Waals surface area (Å²) in [7, 11) is 0. The fraction of sp³-hybridized carbons (Fsp3) is 0.0357. The normalized spacial score (nSPS) is 11.5. The molecule has 150 valence electrons. The van der Waals surface area contributed by atoms with Crippen LogP contribution in [0, 0.1) is 0 Å². The first kappa shape index (κ1) is 18.9. The average molecular weight is 402 g/mol. The maximum atomic E-state index is 14.1. The molecular formula is C28H22N2O. The minimum atomic E-state index is -0.0531. The summed E-state index contributed by atoms with van der Waals surface area (Å²) in [5.74, 6) is 0. The van der Waals surface area contributed by atoms with Gasteiger partial charge in [-0.25, -0.2) is 0 Å². The van der Waals surface area contributed by atoms with Crippen LogP contribution in [0.25, 0.3) is 45.5 Å². The number of hydrogen-bond acceptors (Lipinski definition) is 1. The predicted octanol–water partition coefficient (Wildman–Crippen LogP) is 6.59. The molecule has 3 heteroatoms. The van der Waals surface area contributed by atoms with E-state index in [0.717, 1.165) is 39.1 Å². The quantitative estimate of drug-likeness (QED) is 0.333. The first-order valence-electron chi connectivity index (χ1n) is 10.3. The van der Waals surface area contributed by atoms with E-state index in [-0.39, 0.29) is 5.56 Å². The second kappa shape index (κ2) is 7.62. The van der Waals surface area contributed by atoms with Gasteiger partial charge in [0.25, 0.3) is 5.56 Å². The third-order valence-corrected chi connectivity index (χ3v) is 5.62. The van der Waals surface area contributed by atoms with Gasteiger partial charge in [0.15, 0.2) is 0 Å². The molecule has 0 saturated carbocycles. The Kier molecular flexibility index (Phi) is 4.64. The number of nitrogens with zero attached hydrogens (tertiary/aromatic N) is 2. The predicted molar refractivity (Wildman–Crippen MR) is 131 cm³/mol. The van der Waals surface area contributed by atoms with Gasteiger partial charge >= 0.3 is 0 Å². The molecule has 0 bridgehead atoms. The Hall–Kier alpha value is -4.11. The lowest BCUT2D eigenvalue weighted by Gasteiger charge is -2.14. The smallest absolute Gasteiger partial charge is 0.280 e. The van der Waals surface area contributed by atoms with Crippen LogP contribution >= 0.6 is 0 Å². The molecule has 0 aliphatic rings. The van der Waals surface area contributed by atoms with E-state index in [1.807, 2.05) is 90.4 Å². The van der Waals surface area contributed by atoms with E-state index < -0.39 is 0 Å². The Balaban J connectivity index is 2.10. The average Bonchev–Trinajstić information content (AvgIpc) is 3.15. The van der Waals surface area contributed by atoms with Crippen LogP contribution < -0.4 is 5.56 Å². The Labute approximate surface area is 180 Å². The van der Waals surface area contributed by atoms with E-state index in [1.165, 1.54) is 0 Å². The van der Waals surface area contributed by atoms with Crippen molar-refractivity contribution in [1.82, 2.24) is 8.97 Å². The fourth-order valence-electron chi connectivity index (χ4n) is 4.39. The third-order valence-electron chi connectivity index (χ3n) is 5.62. The molecule has 2 aromatic heterocycles. The van der Waals surface area contributed by atoms with E-state index in [4.69, 9.17) is 0 Å². The standard InChI is InChI=1S/C28H22N2O/c1-3-13-22-23(4-2)30-25-19-12-11-18-24(25)29(21-16-9-6-10-17-21)28(31)27(30)26(22)20-14-7-5-8-15-20/h3-19H,2H2,1H3/b13-3-. The maximum Gasteiger partial charge on any atom is 0.280 e. The van der Waals surface area contributed by atoms with Gasteiger partial charge in [-0.2, -0.15) is 0 Å². The van der Waals surface area contributed by atoms with Crippen LogP contribution in [-0.2, 0) is 0 Å². The first-order valence-corrected chi connectivity index (χ1v) is 10.3. The lowest BCUT2D eigenvalue weighted by atomic mass is 10.0. The SMILES string of the molecule is C=Cc1c(/C=C\C)c(-c2ccccc2)c2c(=O)n(-c3ccccc3)c3ccccc3n12. The number of aromatic nitrogens is 2. The van der Waals surface area contributed by atoms with Crippen LogP contribution in [0.2, 0.25) is 0 Å². The highest BCUT2D eigenvalue weighted by Crippen LogP contribution is 2.36. The summed E-state index contributed by atoms with van der Waals surface area (Å²) >= 11 is 0. The van der Waals surface area contributed by atoms with Gasteiger partial charge in [0.1, 0.15) is 5.52 Å². The van der Waals surface area contributed by atoms with Crippen LogP contribution in [0.3, 0.4) is 0 Å². The molecule has 0 amide bonds. The molecule has 0 aliphatic carbocycles. The Morgan fingerprint density at radius 2 is 1.42 bits per heavy atom. The van der Waals surface area contributed by atoms with Gasteiger partial charge in [-0.3, -0.25) is 9.36 Å². The van der Waals surface area contributed by atoms with E-state index in [0.29, 0.717) is 5.52 Å². The van der Waals surface area contributed by atoms with Gasteiger partial charge in [-0.15, -0.1) is 0 Å². The maximum absolute atomic E-state index is 14.1. The Bertz CT molecular complexity index is 1500. The Morgan fingerprint density at radius 3 is 2.06 bits per heavy atom. The zero-order chi connectivity index (χ0) is 21.4. The molecule has 5 rings (SSSR count). The molecule has 3 aromatic carbocycles. The summed E-state index contributed by atoms with van der Waals surface area (Å²) in [4.78, 5) is 14.1. The van der Waals surface area contributed by atoms with Crippen molar-refractivity contribution in [3.63, 3.8) is 0 Å². The largest absolute Gasteiger partial charge is 0.302 e. The molecule has 0 aliphatic heterocycles. The van der Waals surface area contributed by atoms with Gasteiger partial charge in [-0.05, 0) is 42.8 Å². The summed E-state index contributed by atoms with van der Waals surface area (Å²) in [6.07, 6.45) is 5.91. The summed E-state index contributed by atoms with van der Waals surface area (Å²) in [6, 6.07) is 27.9. The number of para-hydroxylation sites is 3. The zero-order valence-electron chi connectivity index (χ0n) is 17.3. The molecule has 3 nitrogen and oxygen atoms in total. The first-order chi connectivity index (χ1) is 15.3. The molecule has 0 atom stereocenters. The summed E-state index contributed by atoms with van der Waals surface area (Å²) in [5, 5.41) is 0.